The molecule has 0 saturated heterocycles. The molecule has 108 valence electrons. The van der Waals surface area contributed by atoms with Gasteiger partial charge in [0, 0.05) is 16.9 Å². The minimum absolute atomic E-state index is 0.145. The van der Waals surface area contributed by atoms with Crippen molar-refractivity contribution in [3.63, 3.8) is 0 Å². The van der Waals surface area contributed by atoms with Crippen molar-refractivity contribution in [3.8, 4) is 0 Å². The van der Waals surface area contributed by atoms with Gasteiger partial charge >= 0.3 is 0 Å². The molecule has 0 amide bonds. The SMILES string of the molecule is COCCn1c(S(C)(=O)=O)nc2c(I)cccc2c1=O. The van der Waals surface area contributed by atoms with Crippen LogP contribution in [-0.4, -0.2) is 37.9 Å². The number of nitrogens with zero attached hydrogens (tertiary/aromatic N) is 2. The molecule has 1 heterocycles. The topological polar surface area (TPSA) is 78.3 Å². The summed E-state index contributed by atoms with van der Waals surface area (Å²) in [5.74, 6) is 0. The molecule has 1 aromatic carbocycles. The number of halogens is 1. The van der Waals surface area contributed by atoms with Crippen molar-refractivity contribution in [3.05, 3.63) is 32.1 Å². The molecule has 20 heavy (non-hydrogen) atoms. The summed E-state index contributed by atoms with van der Waals surface area (Å²) in [7, 11) is -2.11. The van der Waals surface area contributed by atoms with Crippen molar-refractivity contribution in [2.45, 2.75) is 11.7 Å². The Bertz CT molecular complexity index is 814. The predicted octanol–water partition coefficient (Wildman–Crippen LogP) is 1.05. The van der Waals surface area contributed by atoms with Gasteiger partial charge in [0.05, 0.1) is 24.1 Å². The van der Waals surface area contributed by atoms with Crippen LogP contribution in [0.4, 0.5) is 0 Å². The fraction of sp³-hybridized carbons (Fsp3) is 0.333. The van der Waals surface area contributed by atoms with Crippen LogP contribution in [0, 0.1) is 3.57 Å². The second-order valence-corrected chi connectivity index (χ2v) is 7.32. The lowest BCUT2D eigenvalue weighted by molar-refractivity contribution is 0.183. The van der Waals surface area contributed by atoms with E-state index >= 15 is 0 Å². The van der Waals surface area contributed by atoms with Crippen LogP contribution in [0.2, 0.25) is 0 Å². The molecule has 0 N–H and O–H groups in total. The molecule has 0 aliphatic carbocycles. The van der Waals surface area contributed by atoms with E-state index in [1.54, 1.807) is 18.2 Å². The summed E-state index contributed by atoms with van der Waals surface area (Å²) in [6, 6.07) is 5.16. The van der Waals surface area contributed by atoms with Crippen molar-refractivity contribution < 1.29 is 13.2 Å². The summed E-state index contributed by atoms with van der Waals surface area (Å²) in [4.78, 5) is 16.6. The van der Waals surface area contributed by atoms with E-state index in [0.29, 0.717) is 10.9 Å². The fourth-order valence-corrected chi connectivity index (χ4v) is 3.30. The largest absolute Gasteiger partial charge is 0.383 e. The minimum Gasteiger partial charge on any atom is -0.383 e. The molecule has 1 aromatic heterocycles. The van der Waals surface area contributed by atoms with Gasteiger partial charge < -0.3 is 4.74 Å². The maximum absolute atomic E-state index is 12.5. The number of hydrogen-bond acceptors (Lipinski definition) is 5. The maximum atomic E-state index is 12.5. The van der Waals surface area contributed by atoms with E-state index < -0.39 is 9.84 Å². The Morgan fingerprint density at radius 3 is 2.70 bits per heavy atom. The number of rotatable bonds is 4. The van der Waals surface area contributed by atoms with Crippen molar-refractivity contribution in [2.24, 2.45) is 0 Å². The summed E-state index contributed by atoms with van der Waals surface area (Å²) in [5.41, 5.74) is 0.0400. The van der Waals surface area contributed by atoms with Gasteiger partial charge in [-0.05, 0) is 34.7 Å². The lowest BCUT2D eigenvalue weighted by Crippen LogP contribution is -2.29. The van der Waals surface area contributed by atoms with E-state index in [1.807, 2.05) is 22.6 Å². The summed E-state index contributed by atoms with van der Waals surface area (Å²) < 4.78 is 30.5. The average molecular weight is 408 g/mol. The van der Waals surface area contributed by atoms with Gasteiger partial charge in [0.15, 0.2) is 0 Å². The Balaban J connectivity index is 2.88. The second kappa shape index (κ2) is 5.78. The van der Waals surface area contributed by atoms with Gasteiger partial charge in [0.2, 0.25) is 15.0 Å². The normalized spacial score (nSPS) is 11.9. The Morgan fingerprint density at radius 2 is 2.10 bits per heavy atom. The van der Waals surface area contributed by atoms with Crippen LogP contribution in [-0.2, 0) is 21.1 Å². The molecule has 2 rings (SSSR count). The average Bonchev–Trinajstić information content (AvgIpc) is 2.37. The van der Waals surface area contributed by atoms with Crippen LogP contribution in [0.1, 0.15) is 0 Å². The molecule has 0 saturated carbocycles. The number of fused-ring (bicyclic) bond motifs is 1. The number of sulfone groups is 1. The van der Waals surface area contributed by atoms with Crippen molar-refractivity contribution in [1.29, 1.82) is 0 Å². The van der Waals surface area contributed by atoms with Gasteiger partial charge in [0.1, 0.15) is 0 Å². The molecule has 0 aliphatic rings. The highest BCUT2D eigenvalue weighted by Crippen LogP contribution is 2.17. The Morgan fingerprint density at radius 1 is 1.40 bits per heavy atom. The standard InChI is InChI=1S/C12H13IN2O4S/c1-19-7-6-15-11(16)8-4-3-5-9(13)10(8)14-12(15)20(2,17)18/h3-5H,6-7H2,1-2H3. The van der Waals surface area contributed by atoms with Gasteiger partial charge in [-0.1, -0.05) is 6.07 Å². The van der Waals surface area contributed by atoms with E-state index in [1.165, 1.54) is 7.11 Å². The van der Waals surface area contributed by atoms with E-state index in [-0.39, 0.29) is 23.9 Å². The molecule has 0 spiro atoms. The third kappa shape index (κ3) is 2.86. The molecule has 0 unspecified atom stereocenters. The zero-order chi connectivity index (χ0) is 14.9. The quantitative estimate of drug-likeness (QED) is 0.559. The number of methoxy groups -OCH3 is 1. The highest BCUT2D eigenvalue weighted by atomic mass is 127. The minimum atomic E-state index is -3.60. The molecular weight excluding hydrogens is 395 g/mol. The lowest BCUT2D eigenvalue weighted by Gasteiger charge is -2.12. The van der Waals surface area contributed by atoms with Gasteiger partial charge in [-0.3, -0.25) is 9.36 Å². The Hall–Kier alpha value is -1.00. The van der Waals surface area contributed by atoms with Gasteiger partial charge in [-0.2, -0.15) is 0 Å². The number of para-hydroxylation sites is 1. The molecule has 0 atom stereocenters. The van der Waals surface area contributed by atoms with E-state index in [4.69, 9.17) is 4.74 Å². The smallest absolute Gasteiger partial charge is 0.262 e. The summed E-state index contributed by atoms with van der Waals surface area (Å²) in [5, 5.41) is 0.177. The Kier molecular flexibility index (Phi) is 4.45. The lowest BCUT2D eigenvalue weighted by atomic mass is 10.2. The fourth-order valence-electron chi connectivity index (χ4n) is 1.85. The number of benzene rings is 1. The van der Waals surface area contributed by atoms with Crippen molar-refractivity contribution in [1.82, 2.24) is 9.55 Å². The maximum Gasteiger partial charge on any atom is 0.262 e. The number of aromatic nitrogens is 2. The van der Waals surface area contributed by atoms with Crippen molar-refractivity contribution >= 4 is 43.3 Å². The molecule has 0 bridgehead atoms. The third-order valence-corrected chi connectivity index (χ3v) is 4.60. The van der Waals surface area contributed by atoms with Gasteiger partial charge in [0.25, 0.3) is 5.56 Å². The molecule has 8 heteroatoms. The van der Waals surface area contributed by atoms with E-state index in [2.05, 4.69) is 4.98 Å². The van der Waals surface area contributed by atoms with Crippen LogP contribution in [0.25, 0.3) is 10.9 Å². The molecule has 6 nitrogen and oxygen atoms in total. The predicted molar refractivity (Wildman–Crippen MR) is 83.7 cm³/mol. The Labute approximate surface area is 129 Å². The first-order valence-electron chi connectivity index (χ1n) is 5.74. The van der Waals surface area contributed by atoms with Gasteiger partial charge in [-0.15, -0.1) is 0 Å². The number of ether oxygens (including phenoxy) is 1. The molecular formula is C12H13IN2O4S. The molecule has 0 fully saturated rings. The third-order valence-electron chi connectivity index (χ3n) is 2.75. The molecule has 2 aromatic rings. The van der Waals surface area contributed by atoms with Crippen LogP contribution >= 0.6 is 22.6 Å². The molecule has 0 radical (unpaired) electrons. The molecule has 0 aliphatic heterocycles. The summed E-state index contributed by atoms with van der Waals surface area (Å²) >= 11 is 2.03. The van der Waals surface area contributed by atoms with E-state index in [0.717, 1.165) is 14.4 Å². The highest BCUT2D eigenvalue weighted by Gasteiger charge is 2.19. The number of hydrogen-bond donors (Lipinski definition) is 0. The van der Waals surface area contributed by atoms with Crippen LogP contribution < -0.4 is 5.56 Å². The van der Waals surface area contributed by atoms with Crippen molar-refractivity contribution in [2.75, 3.05) is 20.0 Å². The first kappa shape index (κ1) is 15.4. The first-order chi connectivity index (χ1) is 9.36. The summed E-state index contributed by atoms with van der Waals surface area (Å²) in [6.45, 7) is 0.381. The first-order valence-corrected chi connectivity index (χ1v) is 8.71. The second-order valence-electron chi connectivity index (χ2n) is 4.25. The van der Waals surface area contributed by atoms with E-state index in [9.17, 15) is 13.2 Å². The van der Waals surface area contributed by atoms with Crippen LogP contribution in [0.5, 0.6) is 0 Å². The van der Waals surface area contributed by atoms with Gasteiger partial charge in [-0.25, -0.2) is 13.4 Å². The highest BCUT2D eigenvalue weighted by molar-refractivity contribution is 14.1. The summed E-state index contributed by atoms with van der Waals surface area (Å²) in [6.07, 6.45) is 1.04. The monoisotopic (exact) mass is 408 g/mol. The zero-order valence-electron chi connectivity index (χ0n) is 11.0. The van der Waals surface area contributed by atoms with Crippen LogP contribution in [0.15, 0.2) is 28.2 Å². The van der Waals surface area contributed by atoms with Crippen LogP contribution in [0.3, 0.4) is 0 Å². The zero-order valence-corrected chi connectivity index (χ0v) is 13.9.